The van der Waals surface area contributed by atoms with Crippen LogP contribution in [0.3, 0.4) is 0 Å². The third-order valence-corrected chi connectivity index (χ3v) is 2.96. The van der Waals surface area contributed by atoms with Crippen molar-refractivity contribution in [3.8, 4) is 11.1 Å². The molecule has 0 spiro atoms. The van der Waals surface area contributed by atoms with Crippen LogP contribution in [0.2, 0.25) is 0 Å². The van der Waals surface area contributed by atoms with Gasteiger partial charge >= 0.3 is 5.97 Å². The monoisotopic (exact) mass is 280 g/mol. The first-order valence-corrected chi connectivity index (χ1v) is 5.85. The summed E-state index contributed by atoms with van der Waals surface area (Å²) in [5.74, 6) is -3.62. The fraction of sp³-hybridized carbons (Fsp3) is 0.133. The van der Waals surface area contributed by atoms with Crippen molar-refractivity contribution in [3.63, 3.8) is 0 Å². The summed E-state index contributed by atoms with van der Waals surface area (Å²) in [5.41, 5.74) is -0.232. The molecule has 0 heterocycles. The smallest absolute Gasteiger partial charge is 0.307 e. The number of rotatable bonds is 3. The van der Waals surface area contributed by atoms with Crippen molar-refractivity contribution < 1.29 is 23.1 Å². The zero-order chi connectivity index (χ0) is 14.9. The van der Waals surface area contributed by atoms with Gasteiger partial charge in [0, 0.05) is 16.7 Å². The zero-order valence-electron chi connectivity index (χ0n) is 10.6. The average molecular weight is 280 g/mol. The van der Waals surface area contributed by atoms with Crippen LogP contribution in [-0.2, 0) is 11.2 Å². The number of carboxylic acids is 1. The van der Waals surface area contributed by atoms with Gasteiger partial charge in [0.25, 0.3) is 0 Å². The quantitative estimate of drug-likeness (QED) is 0.930. The standard InChI is InChI=1S/C15H11F3O2/c1-8-3-2-4-10(15(8)18)11-7-12(16)9(5-13(11)17)6-14(19)20/h2-5,7H,6H2,1H3,(H,19,20). The first kappa shape index (κ1) is 14.1. The van der Waals surface area contributed by atoms with Crippen molar-refractivity contribution in [2.24, 2.45) is 0 Å². The molecule has 0 saturated carbocycles. The van der Waals surface area contributed by atoms with E-state index < -0.39 is 29.8 Å². The molecule has 5 heteroatoms. The highest BCUT2D eigenvalue weighted by Gasteiger charge is 2.16. The molecule has 0 radical (unpaired) electrons. The fourth-order valence-electron chi connectivity index (χ4n) is 1.95. The molecule has 0 bridgehead atoms. The van der Waals surface area contributed by atoms with E-state index in [1.165, 1.54) is 25.1 Å². The molecule has 0 amide bonds. The van der Waals surface area contributed by atoms with Crippen LogP contribution >= 0.6 is 0 Å². The van der Waals surface area contributed by atoms with Crippen molar-refractivity contribution in [3.05, 3.63) is 58.9 Å². The Labute approximate surface area is 113 Å². The lowest BCUT2D eigenvalue weighted by Gasteiger charge is -2.09. The number of aliphatic carboxylic acids is 1. The summed E-state index contributed by atoms with van der Waals surface area (Å²) in [5, 5.41) is 8.60. The second-order valence-corrected chi connectivity index (χ2v) is 4.43. The van der Waals surface area contributed by atoms with Crippen molar-refractivity contribution in [2.45, 2.75) is 13.3 Å². The lowest BCUT2D eigenvalue weighted by Crippen LogP contribution is -2.04. The van der Waals surface area contributed by atoms with Gasteiger partial charge in [-0.05, 0) is 24.6 Å². The van der Waals surface area contributed by atoms with Crippen molar-refractivity contribution >= 4 is 5.97 Å². The minimum Gasteiger partial charge on any atom is -0.481 e. The molecule has 0 aliphatic rings. The Bertz CT molecular complexity index is 681. The number of hydrogen-bond acceptors (Lipinski definition) is 1. The van der Waals surface area contributed by atoms with E-state index in [0.29, 0.717) is 5.56 Å². The van der Waals surface area contributed by atoms with Crippen LogP contribution in [0, 0.1) is 24.4 Å². The van der Waals surface area contributed by atoms with Crippen molar-refractivity contribution in [1.82, 2.24) is 0 Å². The minimum atomic E-state index is -1.27. The van der Waals surface area contributed by atoms with Crippen LogP contribution in [-0.4, -0.2) is 11.1 Å². The average Bonchev–Trinajstić information content (AvgIpc) is 2.36. The van der Waals surface area contributed by atoms with Crippen LogP contribution in [0.5, 0.6) is 0 Å². The van der Waals surface area contributed by atoms with E-state index in [-0.39, 0.29) is 16.7 Å². The molecule has 1 N–H and O–H groups in total. The number of benzene rings is 2. The lowest BCUT2D eigenvalue weighted by molar-refractivity contribution is -0.136. The van der Waals surface area contributed by atoms with Gasteiger partial charge in [0.15, 0.2) is 0 Å². The van der Waals surface area contributed by atoms with Crippen LogP contribution in [0.25, 0.3) is 11.1 Å². The normalized spacial score (nSPS) is 10.6. The Hall–Kier alpha value is -2.30. The number of carbonyl (C=O) groups is 1. The van der Waals surface area contributed by atoms with Crippen LogP contribution in [0.15, 0.2) is 30.3 Å². The SMILES string of the molecule is Cc1cccc(-c2cc(F)c(CC(=O)O)cc2F)c1F. The Morgan fingerprint density at radius 3 is 2.45 bits per heavy atom. The Morgan fingerprint density at radius 1 is 1.10 bits per heavy atom. The van der Waals surface area contributed by atoms with Gasteiger partial charge in [0.05, 0.1) is 6.42 Å². The molecule has 2 aromatic carbocycles. The molecule has 0 aliphatic carbocycles. The molecule has 20 heavy (non-hydrogen) atoms. The maximum absolute atomic E-state index is 14.0. The number of hydrogen-bond donors (Lipinski definition) is 1. The predicted octanol–water partition coefficient (Wildman–Crippen LogP) is 3.71. The number of halogens is 3. The van der Waals surface area contributed by atoms with Gasteiger partial charge in [-0.25, -0.2) is 13.2 Å². The van der Waals surface area contributed by atoms with Crippen molar-refractivity contribution in [1.29, 1.82) is 0 Å². The predicted molar refractivity (Wildman–Crippen MR) is 67.8 cm³/mol. The topological polar surface area (TPSA) is 37.3 Å². The van der Waals surface area contributed by atoms with Gasteiger partial charge in [-0.3, -0.25) is 4.79 Å². The highest BCUT2D eigenvalue weighted by molar-refractivity contribution is 5.72. The van der Waals surface area contributed by atoms with E-state index in [1.54, 1.807) is 0 Å². The minimum absolute atomic E-state index is 0.0525. The second-order valence-electron chi connectivity index (χ2n) is 4.43. The number of aryl methyl sites for hydroxylation is 1. The molecular formula is C15H11F3O2. The van der Waals surface area contributed by atoms with E-state index in [4.69, 9.17) is 5.11 Å². The summed E-state index contributed by atoms with van der Waals surface area (Å²) in [6, 6.07) is 6.02. The van der Waals surface area contributed by atoms with E-state index in [9.17, 15) is 18.0 Å². The summed E-state index contributed by atoms with van der Waals surface area (Å²) in [6.07, 6.45) is -0.626. The molecule has 2 aromatic rings. The molecule has 0 aliphatic heterocycles. The highest BCUT2D eigenvalue weighted by atomic mass is 19.1. The first-order chi connectivity index (χ1) is 9.40. The van der Waals surface area contributed by atoms with E-state index >= 15 is 0 Å². The Balaban J connectivity index is 2.56. The molecule has 0 aromatic heterocycles. The van der Waals surface area contributed by atoms with E-state index in [1.807, 2.05) is 0 Å². The molecule has 2 rings (SSSR count). The maximum Gasteiger partial charge on any atom is 0.307 e. The summed E-state index contributed by atoms with van der Waals surface area (Å²) in [7, 11) is 0. The zero-order valence-corrected chi connectivity index (χ0v) is 10.6. The van der Waals surface area contributed by atoms with E-state index in [0.717, 1.165) is 12.1 Å². The molecule has 0 fully saturated rings. The summed E-state index contributed by atoms with van der Waals surface area (Å²) in [4.78, 5) is 10.5. The summed E-state index contributed by atoms with van der Waals surface area (Å²) in [6.45, 7) is 1.52. The van der Waals surface area contributed by atoms with Gasteiger partial charge < -0.3 is 5.11 Å². The van der Waals surface area contributed by atoms with Crippen LogP contribution in [0.4, 0.5) is 13.2 Å². The Kier molecular flexibility index (Phi) is 3.79. The van der Waals surface area contributed by atoms with Gasteiger partial charge in [-0.1, -0.05) is 18.2 Å². The molecule has 104 valence electrons. The third-order valence-electron chi connectivity index (χ3n) is 2.96. The second kappa shape index (κ2) is 5.36. The van der Waals surface area contributed by atoms with Gasteiger partial charge in [0.1, 0.15) is 17.5 Å². The van der Waals surface area contributed by atoms with Crippen molar-refractivity contribution in [2.75, 3.05) is 0 Å². The largest absolute Gasteiger partial charge is 0.481 e. The van der Waals surface area contributed by atoms with Gasteiger partial charge in [0.2, 0.25) is 0 Å². The van der Waals surface area contributed by atoms with Crippen LogP contribution < -0.4 is 0 Å². The number of carboxylic acid groups (broad SMARTS) is 1. The molecule has 0 unspecified atom stereocenters. The molecule has 0 saturated heterocycles. The Morgan fingerprint density at radius 2 is 1.80 bits per heavy atom. The summed E-state index contributed by atoms with van der Waals surface area (Å²) < 4.78 is 41.6. The van der Waals surface area contributed by atoms with E-state index in [2.05, 4.69) is 0 Å². The molecular weight excluding hydrogens is 269 g/mol. The third kappa shape index (κ3) is 2.66. The van der Waals surface area contributed by atoms with Crippen LogP contribution in [0.1, 0.15) is 11.1 Å². The maximum atomic E-state index is 14.0. The summed E-state index contributed by atoms with van der Waals surface area (Å²) >= 11 is 0. The highest BCUT2D eigenvalue weighted by Crippen LogP contribution is 2.29. The van der Waals surface area contributed by atoms with Gasteiger partial charge in [-0.2, -0.15) is 0 Å². The lowest BCUT2D eigenvalue weighted by atomic mass is 9.99. The fourth-order valence-corrected chi connectivity index (χ4v) is 1.95. The molecule has 2 nitrogen and oxygen atoms in total. The van der Waals surface area contributed by atoms with Gasteiger partial charge in [-0.15, -0.1) is 0 Å². The molecule has 0 atom stereocenters. The first-order valence-electron chi connectivity index (χ1n) is 5.85.